The van der Waals surface area contributed by atoms with E-state index in [2.05, 4.69) is 10.6 Å². The molecule has 0 aromatic heterocycles. The van der Waals surface area contributed by atoms with Crippen LogP contribution in [0.1, 0.15) is 41.6 Å². The van der Waals surface area contributed by atoms with Crippen LogP contribution < -0.4 is 10.6 Å². The summed E-state index contributed by atoms with van der Waals surface area (Å²) in [6.45, 7) is 1.75. The zero-order valence-corrected chi connectivity index (χ0v) is 17.9. The van der Waals surface area contributed by atoms with E-state index in [1.54, 1.807) is 11.0 Å². The van der Waals surface area contributed by atoms with Crippen LogP contribution in [0.25, 0.3) is 0 Å². The number of carbonyl (C=O) groups is 2. The summed E-state index contributed by atoms with van der Waals surface area (Å²) in [4.78, 5) is 37.3. The van der Waals surface area contributed by atoms with E-state index in [0.717, 1.165) is 24.8 Å². The van der Waals surface area contributed by atoms with Gasteiger partial charge < -0.3 is 15.5 Å². The molecule has 0 radical (unpaired) electrons. The lowest BCUT2D eigenvalue weighted by Gasteiger charge is -2.20. The van der Waals surface area contributed by atoms with E-state index in [4.69, 9.17) is 11.6 Å². The highest BCUT2D eigenvalue weighted by Gasteiger charge is 2.19. The average Bonchev–Trinajstić information content (AvgIpc) is 2.97. The van der Waals surface area contributed by atoms with E-state index in [9.17, 15) is 19.7 Å². The molecule has 1 heterocycles. The predicted molar refractivity (Wildman–Crippen MR) is 119 cm³/mol. The fourth-order valence-electron chi connectivity index (χ4n) is 3.49. The predicted octanol–water partition coefficient (Wildman–Crippen LogP) is 3.99. The Kier molecular flexibility index (Phi) is 7.83. The Morgan fingerprint density at radius 2 is 1.97 bits per heavy atom. The topological polar surface area (TPSA) is 105 Å². The van der Waals surface area contributed by atoms with Gasteiger partial charge in [-0.15, -0.1) is 0 Å². The normalized spacial score (nSPS) is 14.1. The van der Waals surface area contributed by atoms with Crippen LogP contribution in [0.5, 0.6) is 0 Å². The second-order valence-electron chi connectivity index (χ2n) is 7.38. The number of nitrogens with one attached hydrogen (secondary N) is 2. The van der Waals surface area contributed by atoms with E-state index >= 15 is 0 Å². The van der Waals surface area contributed by atoms with Crippen molar-refractivity contribution >= 4 is 34.8 Å². The fraction of sp³-hybridized carbons (Fsp3) is 0.364. The Labute approximate surface area is 185 Å². The van der Waals surface area contributed by atoms with E-state index in [-0.39, 0.29) is 17.2 Å². The molecule has 2 aromatic rings. The molecule has 1 aliphatic heterocycles. The van der Waals surface area contributed by atoms with Gasteiger partial charge in [0.25, 0.3) is 11.6 Å². The molecule has 1 aliphatic rings. The molecule has 3 rings (SSSR count). The fourth-order valence-corrected chi connectivity index (χ4v) is 3.69. The Morgan fingerprint density at radius 1 is 1.16 bits per heavy atom. The van der Waals surface area contributed by atoms with Crippen LogP contribution in [0.4, 0.5) is 11.4 Å². The molecular weight excluding hydrogens is 420 g/mol. The lowest BCUT2D eigenvalue weighted by atomic mass is 10.1. The highest BCUT2D eigenvalue weighted by Crippen LogP contribution is 2.27. The number of hydrogen-bond donors (Lipinski definition) is 2. The monoisotopic (exact) mass is 444 g/mol. The summed E-state index contributed by atoms with van der Waals surface area (Å²) in [5.41, 5.74) is 1.11. The smallest absolute Gasteiger partial charge is 0.293 e. The number of nitrogens with zero attached hydrogens (tertiary/aromatic N) is 2. The summed E-state index contributed by atoms with van der Waals surface area (Å²) in [5.74, 6) is -0.306. The second-order valence-corrected chi connectivity index (χ2v) is 7.79. The van der Waals surface area contributed by atoms with Gasteiger partial charge in [0.05, 0.1) is 4.92 Å². The minimum absolute atomic E-state index is 0.108. The molecular formula is C22H25ClN4O4. The molecule has 9 heteroatoms. The first kappa shape index (κ1) is 22.6. The van der Waals surface area contributed by atoms with Crippen molar-refractivity contribution in [2.75, 3.05) is 25.0 Å². The van der Waals surface area contributed by atoms with Crippen LogP contribution in [-0.4, -0.2) is 41.3 Å². The quantitative estimate of drug-likeness (QED) is 0.473. The van der Waals surface area contributed by atoms with Crippen LogP contribution >= 0.6 is 11.6 Å². The lowest BCUT2D eigenvalue weighted by molar-refractivity contribution is -0.384. The highest BCUT2D eigenvalue weighted by atomic mass is 35.5. The summed E-state index contributed by atoms with van der Waals surface area (Å²) >= 11 is 6.13. The summed E-state index contributed by atoms with van der Waals surface area (Å²) in [6, 6.07) is 11.5. The van der Waals surface area contributed by atoms with Gasteiger partial charge in [0.2, 0.25) is 5.91 Å². The molecule has 31 heavy (non-hydrogen) atoms. The van der Waals surface area contributed by atoms with Gasteiger partial charge in [-0.25, -0.2) is 0 Å². The number of anilines is 1. The van der Waals surface area contributed by atoms with Gasteiger partial charge in [-0.05, 0) is 36.6 Å². The van der Waals surface area contributed by atoms with Crippen molar-refractivity contribution in [2.45, 2.75) is 32.2 Å². The van der Waals surface area contributed by atoms with Crippen LogP contribution in [-0.2, 0) is 11.3 Å². The maximum absolute atomic E-state index is 12.5. The van der Waals surface area contributed by atoms with Gasteiger partial charge >= 0.3 is 0 Å². The molecule has 0 aliphatic carbocycles. The molecule has 1 saturated heterocycles. The van der Waals surface area contributed by atoms with Gasteiger partial charge in [0.15, 0.2) is 0 Å². The number of nitro groups is 1. The third-order valence-corrected chi connectivity index (χ3v) is 5.59. The molecule has 0 atom stereocenters. The van der Waals surface area contributed by atoms with Crippen molar-refractivity contribution in [2.24, 2.45) is 0 Å². The first-order valence-electron chi connectivity index (χ1n) is 10.3. The Hall–Kier alpha value is -3.13. The van der Waals surface area contributed by atoms with Crippen molar-refractivity contribution in [3.8, 4) is 0 Å². The molecule has 0 bridgehead atoms. The van der Waals surface area contributed by atoms with Crippen molar-refractivity contribution in [3.05, 3.63) is 68.7 Å². The molecule has 2 amide bonds. The molecule has 0 unspecified atom stereocenters. The van der Waals surface area contributed by atoms with Crippen LogP contribution in [0.2, 0.25) is 5.02 Å². The van der Waals surface area contributed by atoms with E-state index in [1.807, 2.05) is 18.2 Å². The number of nitro benzene ring substituents is 1. The number of rotatable bonds is 8. The van der Waals surface area contributed by atoms with Gasteiger partial charge in [-0.2, -0.15) is 0 Å². The minimum atomic E-state index is -0.526. The number of likely N-dealkylation sites (tertiary alicyclic amines) is 1. The minimum Gasteiger partial charge on any atom is -0.375 e. The third-order valence-electron chi connectivity index (χ3n) is 5.22. The second kappa shape index (κ2) is 10.8. The van der Waals surface area contributed by atoms with E-state index < -0.39 is 10.8 Å². The van der Waals surface area contributed by atoms with Crippen molar-refractivity contribution in [1.82, 2.24) is 10.2 Å². The van der Waals surface area contributed by atoms with E-state index in [0.29, 0.717) is 43.3 Å². The molecule has 1 fully saturated rings. The van der Waals surface area contributed by atoms with Gasteiger partial charge in [0, 0.05) is 49.3 Å². The standard InChI is InChI=1S/C22H25ClN4O4/c23-18-7-4-3-6-17(18)15-25-19-10-9-16(14-20(19)27(30)31)22(29)24-11-13-26-12-5-1-2-8-21(26)28/h3-4,6-7,9-10,14,25H,1-2,5,8,11-13,15H2,(H,24,29). The van der Waals surface area contributed by atoms with Crippen molar-refractivity contribution < 1.29 is 14.5 Å². The zero-order valence-electron chi connectivity index (χ0n) is 17.1. The number of halogens is 1. The summed E-state index contributed by atoms with van der Waals surface area (Å²) in [7, 11) is 0. The molecule has 0 spiro atoms. The molecule has 0 saturated carbocycles. The van der Waals surface area contributed by atoms with Gasteiger partial charge in [0.1, 0.15) is 5.69 Å². The van der Waals surface area contributed by atoms with Crippen LogP contribution in [0.3, 0.4) is 0 Å². The van der Waals surface area contributed by atoms with Crippen LogP contribution in [0, 0.1) is 10.1 Å². The summed E-state index contributed by atoms with van der Waals surface area (Å²) < 4.78 is 0. The first-order valence-corrected chi connectivity index (χ1v) is 10.6. The van der Waals surface area contributed by atoms with Crippen molar-refractivity contribution in [1.29, 1.82) is 0 Å². The zero-order chi connectivity index (χ0) is 22.2. The Morgan fingerprint density at radius 3 is 2.74 bits per heavy atom. The number of benzene rings is 2. The van der Waals surface area contributed by atoms with Gasteiger partial charge in [-0.1, -0.05) is 36.2 Å². The number of amides is 2. The molecule has 8 nitrogen and oxygen atoms in total. The number of hydrogen-bond acceptors (Lipinski definition) is 5. The third kappa shape index (κ3) is 6.18. The largest absolute Gasteiger partial charge is 0.375 e. The lowest BCUT2D eigenvalue weighted by Crippen LogP contribution is -2.38. The maximum Gasteiger partial charge on any atom is 0.293 e. The molecule has 2 N–H and O–H groups in total. The Balaban J connectivity index is 1.61. The van der Waals surface area contributed by atoms with Gasteiger partial charge in [-0.3, -0.25) is 19.7 Å². The van der Waals surface area contributed by atoms with Crippen LogP contribution in [0.15, 0.2) is 42.5 Å². The summed E-state index contributed by atoms with van der Waals surface area (Å²) in [6.07, 6.45) is 3.45. The highest BCUT2D eigenvalue weighted by molar-refractivity contribution is 6.31. The van der Waals surface area contributed by atoms with Crippen molar-refractivity contribution in [3.63, 3.8) is 0 Å². The number of carbonyl (C=O) groups excluding carboxylic acids is 2. The Bertz CT molecular complexity index is 966. The average molecular weight is 445 g/mol. The maximum atomic E-state index is 12.5. The first-order chi connectivity index (χ1) is 15.0. The molecule has 2 aromatic carbocycles. The van der Waals surface area contributed by atoms with E-state index in [1.165, 1.54) is 18.2 Å². The molecule has 164 valence electrons. The SMILES string of the molecule is O=C(NCCN1CCCCCC1=O)c1ccc(NCc2ccccc2Cl)c([N+](=O)[O-])c1. The summed E-state index contributed by atoms with van der Waals surface area (Å²) in [5, 5.41) is 17.9.